The van der Waals surface area contributed by atoms with Crippen LogP contribution in [-0.2, 0) is 4.74 Å². The molecule has 0 atom stereocenters. The van der Waals surface area contributed by atoms with E-state index in [1.165, 1.54) is 0 Å². The molecule has 2 N–H and O–H groups in total. The largest absolute Gasteiger partial charge is 0.379 e. The van der Waals surface area contributed by atoms with Gasteiger partial charge >= 0.3 is 0 Å². The Balaban J connectivity index is 1.86. The van der Waals surface area contributed by atoms with Crippen molar-refractivity contribution in [1.82, 2.24) is 20.4 Å². The van der Waals surface area contributed by atoms with E-state index in [0.29, 0.717) is 34.9 Å². The van der Waals surface area contributed by atoms with Gasteiger partial charge < -0.3 is 15.1 Å². The van der Waals surface area contributed by atoms with Crippen LogP contribution in [0.15, 0.2) is 29.1 Å². The minimum Gasteiger partial charge on any atom is -0.379 e. The second-order valence-electron chi connectivity index (χ2n) is 4.47. The zero-order valence-electron chi connectivity index (χ0n) is 10.8. The first-order chi connectivity index (χ1) is 9.74. The van der Waals surface area contributed by atoms with Crippen LogP contribution in [-0.4, -0.2) is 46.3 Å². The average Bonchev–Trinajstić information content (AvgIpc) is 2.48. The van der Waals surface area contributed by atoms with Crippen LogP contribution in [0.25, 0.3) is 10.9 Å². The van der Waals surface area contributed by atoms with Crippen LogP contribution in [0, 0.1) is 0 Å². The topological polar surface area (TPSA) is 70.2 Å². The molecule has 0 aliphatic carbocycles. The second-order valence-corrected chi connectivity index (χ2v) is 4.88. The number of aromatic amines is 1. The number of para-hydroxylation sites is 1. The fourth-order valence-electron chi connectivity index (χ4n) is 2.07. The third-order valence-corrected chi connectivity index (χ3v) is 3.38. The van der Waals surface area contributed by atoms with Crippen LogP contribution in [0.3, 0.4) is 0 Å². The molecule has 0 spiro atoms. The molecule has 1 aromatic heterocycles. The van der Waals surface area contributed by atoms with Gasteiger partial charge in [-0.2, -0.15) is 0 Å². The van der Waals surface area contributed by atoms with Crippen molar-refractivity contribution >= 4 is 28.1 Å². The molecule has 104 valence electrons. The maximum absolute atomic E-state index is 12.0. The molecule has 6 nitrogen and oxygen atoms in total. The van der Waals surface area contributed by atoms with Crippen LogP contribution in [0.1, 0.15) is 5.82 Å². The summed E-state index contributed by atoms with van der Waals surface area (Å²) in [6, 6.07) is 7.19. The molecule has 2 heterocycles. The zero-order valence-corrected chi connectivity index (χ0v) is 11.6. The van der Waals surface area contributed by atoms with Gasteiger partial charge in [-0.1, -0.05) is 24.4 Å². The van der Waals surface area contributed by atoms with E-state index in [1.54, 1.807) is 12.1 Å². The van der Waals surface area contributed by atoms with E-state index in [0.717, 1.165) is 13.1 Å². The number of hydrogen-bond acceptors (Lipinski definition) is 5. The molecule has 7 heteroatoms. The van der Waals surface area contributed by atoms with Gasteiger partial charge in [0, 0.05) is 13.1 Å². The molecule has 0 bridgehead atoms. The smallest absolute Gasteiger partial charge is 0.259 e. The van der Waals surface area contributed by atoms with Crippen molar-refractivity contribution in [3.8, 4) is 0 Å². The predicted octanol–water partition coefficient (Wildman–Crippen LogP) is 0.435. The lowest BCUT2D eigenvalue weighted by Crippen LogP contribution is -2.48. The molecule has 1 saturated heterocycles. The zero-order chi connectivity index (χ0) is 13.9. The fraction of sp³-hybridized carbons (Fsp3) is 0.308. The lowest BCUT2D eigenvalue weighted by Gasteiger charge is -2.27. The van der Waals surface area contributed by atoms with Crippen molar-refractivity contribution in [3.05, 3.63) is 40.4 Å². The number of aromatic nitrogens is 2. The van der Waals surface area contributed by atoms with Crippen LogP contribution in [0.4, 0.5) is 0 Å². The highest BCUT2D eigenvalue weighted by molar-refractivity contribution is 7.80. The predicted molar refractivity (Wildman–Crippen MR) is 79.6 cm³/mol. The van der Waals surface area contributed by atoms with Crippen LogP contribution in [0.5, 0.6) is 0 Å². The highest BCUT2D eigenvalue weighted by Crippen LogP contribution is 2.06. The van der Waals surface area contributed by atoms with Gasteiger partial charge in [-0.3, -0.25) is 4.79 Å². The Bertz CT molecular complexity index is 694. The van der Waals surface area contributed by atoms with Gasteiger partial charge in [0.05, 0.1) is 24.1 Å². The Morgan fingerprint density at radius 3 is 2.90 bits per heavy atom. The van der Waals surface area contributed by atoms with Crippen molar-refractivity contribution in [1.29, 1.82) is 0 Å². The summed E-state index contributed by atoms with van der Waals surface area (Å²) >= 11 is 5.30. The minimum absolute atomic E-state index is 0.184. The normalized spacial score (nSPS) is 16.2. The number of fused-ring (bicyclic) bond motifs is 1. The lowest BCUT2D eigenvalue weighted by molar-refractivity contribution is 0.0253. The van der Waals surface area contributed by atoms with E-state index < -0.39 is 0 Å². The van der Waals surface area contributed by atoms with E-state index >= 15 is 0 Å². The van der Waals surface area contributed by atoms with Crippen LogP contribution in [0.2, 0.25) is 0 Å². The van der Waals surface area contributed by atoms with E-state index in [1.807, 2.05) is 17.1 Å². The summed E-state index contributed by atoms with van der Waals surface area (Å²) in [5.74, 6) is 0.384. The summed E-state index contributed by atoms with van der Waals surface area (Å²) in [6.07, 6.45) is 0. The van der Waals surface area contributed by atoms with Gasteiger partial charge in [0.2, 0.25) is 0 Å². The summed E-state index contributed by atoms with van der Waals surface area (Å²) in [5.41, 5.74) is 3.53. The van der Waals surface area contributed by atoms with Crippen molar-refractivity contribution in [2.45, 2.75) is 0 Å². The van der Waals surface area contributed by atoms with Gasteiger partial charge in [0.25, 0.3) is 5.56 Å². The Kier molecular flexibility index (Phi) is 3.72. The summed E-state index contributed by atoms with van der Waals surface area (Å²) in [6.45, 7) is 2.82. The monoisotopic (exact) mass is 290 g/mol. The quantitative estimate of drug-likeness (QED) is 0.782. The number of hydrogen-bond donors (Lipinski definition) is 2. The Hall–Kier alpha value is -1.83. The number of benzene rings is 1. The summed E-state index contributed by atoms with van der Waals surface area (Å²) in [7, 11) is 0. The SMILES string of the molecule is O=c1[nH]c(C(=S)NN2CCOCC2)nc2ccccc12. The third-order valence-electron chi connectivity index (χ3n) is 3.10. The Labute approximate surface area is 120 Å². The molecule has 2 aromatic rings. The first kappa shape index (κ1) is 13.2. The minimum atomic E-state index is -0.184. The number of morpholine rings is 1. The average molecular weight is 290 g/mol. The molecular formula is C13H14N4O2S. The summed E-state index contributed by atoms with van der Waals surface area (Å²) in [5, 5.41) is 2.52. The van der Waals surface area contributed by atoms with Crippen LogP contribution >= 0.6 is 12.2 Å². The maximum Gasteiger partial charge on any atom is 0.259 e. The lowest BCUT2D eigenvalue weighted by atomic mass is 10.2. The molecule has 0 amide bonds. The number of nitrogens with zero attached hydrogens (tertiary/aromatic N) is 2. The van der Waals surface area contributed by atoms with Crippen molar-refractivity contribution in [2.75, 3.05) is 26.3 Å². The van der Waals surface area contributed by atoms with Crippen molar-refractivity contribution in [2.24, 2.45) is 0 Å². The highest BCUT2D eigenvalue weighted by atomic mass is 32.1. The van der Waals surface area contributed by atoms with E-state index in [9.17, 15) is 4.79 Å². The second kappa shape index (κ2) is 5.66. The van der Waals surface area contributed by atoms with Crippen molar-refractivity contribution < 1.29 is 4.74 Å². The molecule has 1 aliphatic rings. The molecule has 1 aliphatic heterocycles. The molecule has 1 fully saturated rings. The Morgan fingerprint density at radius 1 is 1.35 bits per heavy atom. The first-order valence-corrected chi connectivity index (χ1v) is 6.77. The molecule has 0 radical (unpaired) electrons. The molecule has 20 heavy (non-hydrogen) atoms. The highest BCUT2D eigenvalue weighted by Gasteiger charge is 2.14. The van der Waals surface area contributed by atoms with Crippen molar-refractivity contribution in [3.63, 3.8) is 0 Å². The van der Waals surface area contributed by atoms with Crippen LogP contribution < -0.4 is 11.0 Å². The van der Waals surface area contributed by atoms with Gasteiger partial charge in [0.15, 0.2) is 10.8 Å². The molecule has 0 unspecified atom stereocenters. The van der Waals surface area contributed by atoms with E-state index in [-0.39, 0.29) is 5.56 Å². The van der Waals surface area contributed by atoms with Gasteiger partial charge in [-0.25, -0.2) is 9.99 Å². The summed E-state index contributed by atoms with van der Waals surface area (Å²) < 4.78 is 5.27. The van der Waals surface area contributed by atoms with E-state index in [4.69, 9.17) is 17.0 Å². The summed E-state index contributed by atoms with van der Waals surface area (Å²) in [4.78, 5) is 19.5. The Morgan fingerprint density at radius 2 is 2.10 bits per heavy atom. The fourth-order valence-corrected chi connectivity index (χ4v) is 2.29. The molecule has 0 saturated carbocycles. The standard InChI is InChI=1S/C13H14N4O2S/c18-12-9-3-1-2-4-10(9)14-11(15-12)13(20)16-17-5-7-19-8-6-17/h1-4H,5-8H2,(H,16,20)(H,14,15,18). The van der Waals surface area contributed by atoms with Gasteiger partial charge in [0.1, 0.15) is 0 Å². The first-order valence-electron chi connectivity index (χ1n) is 6.37. The molecule has 3 rings (SSSR count). The van der Waals surface area contributed by atoms with Gasteiger partial charge in [-0.15, -0.1) is 0 Å². The third kappa shape index (κ3) is 2.69. The number of hydrazine groups is 1. The number of thiocarbonyl (C=S) groups is 1. The maximum atomic E-state index is 12.0. The molecule has 1 aromatic carbocycles. The van der Waals surface area contributed by atoms with E-state index in [2.05, 4.69) is 15.4 Å². The number of ether oxygens (including phenoxy) is 1. The number of rotatable bonds is 2. The number of nitrogens with one attached hydrogen (secondary N) is 2. The van der Waals surface area contributed by atoms with Gasteiger partial charge in [-0.05, 0) is 12.1 Å². The molecular weight excluding hydrogens is 276 g/mol. The number of H-pyrrole nitrogens is 1.